The topological polar surface area (TPSA) is 26.5 Å². The van der Waals surface area contributed by atoms with Crippen molar-refractivity contribution in [3.8, 4) is 11.6 Å². The molecule has 3 nitrogen and oxygen atoms in total. The number of fused-ring (bicyclic) bond motifs is 1. The summed E-state index contributed by atoms with van der Waals surface area (Å²) in [5.74, 6) is 1.00. The Kier molecular flexibility index (Phi) is 3.87. The van der Waals surface area contributed by atoms with Gasteiger partial charge in [-0.25, -0.2) is 0 Å². The van der Waals surface area contributed by atoms with Gasteiger partial charge in [-0.15, -0.1) is 0 Å². The van der Waals surface area contributed by atoms with E-state index in [1.54, 1.807) is 18.2 Å². The van der Waals surface area contributed by atoms with Gasteiger partial charge in [-0.2, -0.15) is 4.98 Å². The van der Waals surface area contributed by atoms with Crippen molar-refractivity contribution in [2.45, 2.75) is 5.33 Å². The van der Waals surface area contributed by atoms with Gasteiger partial charge in [-0.05, 0) is 24.3 Å². The second-order valence-corrected chi connectivity index (χ2v) is 5.43. The Hall–Kier alpha value is -1.23. The predicted octanol–water partition coefficient (Wildman–Crippen LogP) is 5.33. The third-order valence-electron chi connectivity index (χ3n) is 2.84. The van der Waals surface area contributed by atoms with E-state index in [2.05, 4.69) is 20.9 Å². The molecular formula is C14H9BrCl2N2O. The number of imidazole rings is 1. The number of benzene rings is 1. The van der Waals surface area contributed by atoms with Crippen LogP contribution in [0.1, 0.15) is 5.69 Å². The molecule has 0 unspecified atom stereocenters. The van der Waals surface area contributed by atoms with E-state index in [9.17, 15) is 0 Å². The highest BCUT2D eigenvalue weighted by Crippen LogP contribution is 2.36. The molecule has 0 aliphatic heterocycles. The number of rotatable bonds is 3. The molecule has 2 aromatic heterocycles. The zero-order valence-electron chi connectivity index (χ0n) is 10.2. The fourth-order valence-corrected chi connectivity index (χ4v) is 2.74. The lowest BCUT2D eigenvalue weighted by Crippen LogP contribution is -1.92. The molecule has 20 heavy (non-hydrogen) atoms. The molecule has 0 bridgehead atoms. The van der Waals surface area contributed by atoms with Crippen LogP contribution in [0.5, 0.6) is 11.6 Å². The van der Waals surface area contributed by atoms with Gasteiger partial charge < -0.3 is 4.74 Å². The van der Waals surface area contributed by atoms with E-state index in [1.807, 2.05) is 28.8 Å². The van der Waals surface area contributed by atoms with Gasteiger partial charge in [0, 0.05) is 11.5 Å². The highest BCUT2D eigenvalue weighted by molar-refractivity contribution is 9.08. The Morgan fingerprint density at radius 3 is 2.80 bits per heavy atom. The molecule has 3 rings (SSSR count). The molecule has 0 atom stereocenters. The number of alkyl halides is 1. The van der Waals surface area contributed by atoms with Crippen LogP contribution in [-0.2, 0) is 5.33 Å². The molecule has 0 saturated carbocycles. The molecule has 3 aromatic rings. The molecule has 0 fully saturated rings. The molecule has 0 aliphatic carbocycles. The monoisotopic (exact) mass is 370 g/mol. The van der Waals surface area contributed by atoms with Crippen molar-refractivity contribution in [1.82, 2.24) is 9.38 Å². The first kappa shape index (κ1) is 13.7. The molecule has 2 heterocycles. The number of hydrogen-bond acceptors (Lipinski definition) is 2. The summed E-state index contributed by atoms with van der Waals surface area (Å²) in [6.07, 6.45) is 1.94. The highest BCUT2D eigenvalue weighted by Gasteiger charge is 2.15. The standard InChI is InChI=1S/C14H9BrCl2N2O/c15-8-10-14(18-12-6-1-2-7-19(10)12)20-11-5-3-4-9(16)13(11)17/h1-7H,8H2. The molecule has 0 spiro atoms. The smallest absolute Gasteiger partial charge is 0.242 e. The Morgan fingerprint density at radius 1 is 1.15 bits per heavy atom. The number of aromatic nitrogens is 2. The lowest BCUT2D eigenvalue weighted by atomic mass is 10.3. The summed E-state index contributed by atoms with van der Waals surface area (Å²) in [6, 6.07) is 11.0. The predicted molar refractivity (Wildman–Crippen MR) is 84.4 cm³/mol. The van der Waals surface area contributed by atoms with E-state index in [0.717, 1.165) is 11.3 Å². The average molecular weight is 372 g/mol. The molecule has 102 valence electrons. The lowest BCUT2D eigenvalue weighted by Gasteiger charge is -2.07. The maximum atomic E-state index is 6.13. The maximum absolute atomic E-state index is 6.13. The molecule has 0 N–H and O–H groups in total. The van der Waals surface area contributed by atoms with Crippen molar-refractivity contribution in [2.24, 2.45) is 0 Å². The van der Waals surface area contributed by atoms with E-state index in [4.69, 9.17) is 27.9 Å². The Morgan fingerprint density at radius 2 is 2.00 bits per heavy atom. The van der Waals surface area contributed by atoms with E-state index in [1.165, 1.54) is 0 Å². The normalized spacial score (nSPS) is 10.9. The fraction of sp³-hybridized carbons (Fsp3) is 0.0714. The van der Waals surface area contributed by atoms with Crippen LogP contribution in [0, 0.1) is 0 Å². The van der Waals surface area contributed by atoms with Crippen LogP contribution in [0.4, 0.5) is 0 Å². The van der Waals surface area contributed by atoms with Crippen LogP contribution < -0.4 is 4.74 Å². The van der Waals surface area contributed by atoms with Gasteiger partial charge in [-0.3, -0.25) is 4.40 Å². The minimum atomic E-state index is 0.381. The molecule has 0 radical (unpaired) electrons. The molecular weight excluding hydrogens is 363 g/mol. The summed E-state index contributed by atoms with van der Waals surface area (Å²) in [4.78, 5) is 4.46. The summed E-state index contributed by atoms with van der Waals surface area (Å²) < 4.78 is 7.78. The fourth-order valence-electron chi connectivity index (χ4n) is 1.90. The van der Waals surface area contributed by atoms with Crippen molar-refractivity contribution in [3.05, 3.63) is 58.3 Å². The van der Waals surface area contributed by atoms with Gasteiger partial charge in [0.15, 0.2) is 0 Å². The number of pyridine rings is 1. The van der Waals surface area contributed by atoms with Gasteiger partial charge in [-0.1, -0.05) is 51.3 Å². The van der Waals surface area contributed by atoms with Crippen molar-refractivity contribution < 1.29 is 4.74 Å². The summed E-state index contributed by atoms with van der Waals surface area (Å²) in [6.45, 7) is 0. The second kappa shape index (κ2) is 5.64. The van der Waals surface area contributed by atoms with Crippen LogP contribution in [0.2, 0.25) is 10.0 Å². The number of halogens is 3. The van der Waals surface area contributed by atoms with E-state index in [-0.39, 0.29) is 0 Å². The summed E-state index contributed by atoms with van der Waals surface area (Å²) in [5.41, 5.74) is 1.73. The first-order chi connectivity index (χ1) is 9.70. The molecule has 0 aliphatic rings. The zero-order valence-corrected chi connectivity index (χ0v) is 13.3. The lowest BCUT2D eigenvalue weighted by molar-refractivity contribution is 0.462. The molecule has 0 saturated heterocycles. The molecule has 6 heteroatoms. The summed E-state index contributed by atoms with van der Waals surface area (Å²) in [5, 5.41) is 1.45. The van der Waals surface area contributed by atoms with Gasteiger partial charge in [0.1, 0.15) is 16.4 Å². The SMILES string of the molecule is Clc1cccc(Oc2nc3ccccn3c2CBr)c1Cl. The summed E-state index contributed by atoms with van der Waals surface area (Å²) >= 11 is 15.6. The van der Waals surface area contributed by atoms with Gasteiger partial charge in [0.25, 0.3) is 0 Å². The van der Waals surface area contributed by atoms with Gasteiger partial charge >= 0.3 is 0 Å². The van der Waals surface area contributed by atoms with Gasteiger partial charge in [0.05, 0.1) is 10.7 Å². The minimum Gasteiger partial charge on any atom is -0.436 e. The zero-order chi connectivity index (χ0) is 14.1. The molecule has 1 aromatic carbocycles. The Labute approximate surface area is 134 Å². The van der Waals surface area contributed by atoms with Crippen molar-refractivity contribution >= 4 is 44.8 Å². The Bertz CT molecular complexity index is 773. The van der Waals surface area contributed by atoms with Crippen molar-refractivity contribution in [1.29, 1.82) is 0 Å². The number of nitrogens with zero attached hydrogens (tertiary/aromatic N) is 2. The summed E-state index contributed by atoms with van der Waals surface area (Å²) in [7, 11) is 0. The minimum absolute atomic E-state index is 0.381. The van der Waals surface area contributed by atoms with Crippen LogP contribution in [0.15, 0.2) is 42.6 Å². The largest absolute Gasteiger partial charge is 0.436 e. The van der Waals surface area contributed by atoms with Crippen molar-refractivity contribution in [2.75, 3.05) is 0 Å². The molecule has 0 amide bonds. The van der Waals surface area contributed by atoms with E-state index >= 15 is 0 Å². The van der Waals surface area contributed by atoms with E-state index < -0.39 is 0 Å². The average Bonchev–Trinajstić information content (AvgIpc) is 2.81. The van der Waals surface area contributed by atoms with Crippen LogP contribution >= 0.6 is 39.1 Å². The van der Waals surface area contributed by atoms with Crippen molar-refractivity contribution in [3.63, 3.8) is 0 Å². The maximum Gasteiger partial charge on any atom is 0.242 e. The van der Waals surface area contributed by atoms with Crippen LogP contribution in [0.3, 0.4) is 0 Å². The van der Waals surface area contributed by atoms with Crippen LogP contribution in [-0.4, -0.2) is 9.38 Å². The first-order valence-electron chi connectivity index (χ1n) is 5.84. The first-order valence-corrected chi connectivity index (χ1v) is 7.72. The second-order valence-electron chi connectivity index (χ2n) is 4.08. The number of ether oxygens (including phenoxy) is 1. The van der Waals surface area contributed by atoms with Crippen LogP contribution in [0.25, 0.3) is 5.65 Å². The Balaban J connectivity index is 2.08. The van der Waals surface area contributed by atoms with E-state index in [0.29, 0.717) is 27.0 Å². The van der Waals surface area contributed by atoms with Gasteiger partial charge in [0.2, 0.25) is 5.88 Å². The quantitative estimate of drug-likeness (QED) is 0.582. The third-order valence-corrected chi connectivity index (χ3v) is 4.17. The third kappa shape index (κ3) is 2.39. The number of hydrogen-bond donors (Lipinski definition) is 0. The highest BCUT2D eigenvalue weighted by atomic mass is 79.9.